The Bertz CT molecular complexity index is 569. The molecule has 1 aromatic carbocycles. The van der Waals surface area contributed by atoms with Crippen LogP contribution in [0.3, 0.4) is 0 Å². The molecule has 0 radical (unpaired) electrons. The lowest BCUT2D eigenvalue weighted by atomic mass is 10.1. The van der Waals surface area contributed by atoms with E-state index in [4.69, 9.17) is 19.2 Å². The zero-order valence-corrected chi connectivity index (χ0v) is 18.5. The van der Waals surface area contributed by atoms with Gasteiger partial charge >= 0.3 is 0 Å². The fraction of sp³-hybridized carbons (Fsp3) is 0.696. The molecule has 0 unspecified atom stereocenters. The molecule has 1 aromatic rings. The molecule has 29 heavy (non-hydrogen) atoms. The average molecular weight is 406 g/mol. The first-order valence-corrected chi connectivity index (χ1v) is 11.1. The lowest BCUT2D eigenvalue weighted by molar-refractivity contribution is 0.00990. The molecule has 1 aliphatic heterocycles. The van der Waals surface area contributed by atoms with Crippen LogP contribution in [0.4, 0.5) is 0 Å². The molecule has 2 rings (SSSR count). The number of hydrogen-bond donors (Lipinski definition) is 1. The highest BCUT2D eigenvalue weighted by atomic mass is 16.5. The summed E-state index contributed by atoms with van der Waals surface area (Å²) in [5.74, 6) is 1.98. The predicted octanol–water partition coefficient (Wildman–Crippen LogP) is 3.64. The molecule has 0 amide bonds. The van der Waals surface area contributed by atoms with E-state index < -0.39 is 0 Å². The number of aliphatic imine (C=N–C) groups is 1. The van der Waals surface area contributed by atoms with Gasteiger partial charge in [-0.25, -0.2) is 0 Å². The van der Waals surface area contributed by atoms with Crippen LogP contribution in [0.15, 0.2) is 29.3 Å². The predicted molar refractivity (Wildman–Crippen MR) is 119 cm³/mol. The van der Waals surface area contributed by atoms with Crippen LogP contribution in [-0.4, -0.2) is 70.1 Å². The lowest BCUT2D eigenvalue weighted by Gasteiger charge is -2.34. The van der Waals surface area contributed by atoms with Crippen molar-refractivity contribution in [1.29, 1.82) is 0 Å². The van der Waals surface area contributed by atoms with E-state index in [0.29, 0.717) is 6.10 Å². The largest absolute Gasteiger partial charge is 0.494 e. The van der Waals surface area contributed by atoms with E-state index in [1.54, 1.807) is 7.11 Å². The number of ether oxygens (including phenoxy) is 3. The molecular weight excluding hydrogens is 366 g/mol. The normalized spacial score (nSPS) is 15.6. The summed E-state index contributed by atoms with van der Waals surface area (Å²) in [6.07, 6.45) is 5.48. The average Bonchev–Trinajstić information content (AvgIpc) is 2.75. The number of methoxy groups -OCH3 is 1. The van der Waals surface area contributed by atoms with Crippen molar-refractivity contribution < 1.29 is 14.2 Å². The van der Waals surface area contributed by atoms with E-state index in [1.165, 1.54) is 5.56 Å². The van der Waals surface area contributed by atoms with Crippen LogP contribution in [0.1, 0.15) is 44.6 Å². The fourth-order valence-corrected chi connectivity index (χ4v) is 3.34. The summed E-state index contributed by atoms with van der Waals surface area (Å²) < 4.78 is 16.8. The van der Waals surface area contributed by atoms with Gasteiger partial charge in [0.05, 0.1) is 12.7 Å². The van der Waals surface area contributed by atoms with Crippen molar-refractivity contribution >= 4 is 5.96 Å². The van der Waals surface area contributed by atoms with Crippen molar-refractivity contribution in [3.8, 4) is 5.75 Å². The van der Waals surface area contributed by atoms with E-state index in [1.807, 2.05) is 12.1 Å². The molecule has 1 heterocycles. The maximum absolute atomic E-state index is 5.96. The molecule has 0 atom stereocenters. The molecule has 0 aliphatic carbocycles. The summed E-state index contributed by atoms with van der Waals surface area (Å²) >= 11 is 0. The van der Waals surface area contributed by atoms with Gasteiger partial charge in [0, 0.05) is 46.5 Å². The number of likely N-dealkylation sites (tertiary alicyclic amines) is 1. The van der Waals surface area contributed by atoms with Crippen LogP contribution in [0.2, 0.25) is 0 Å². The summed E-state index contributed by atoms with van der Waals surface area (Å²) in [7, 11) is 1.73. The maximum atomic E-state index is 5.96. The van der Waals surface area contributed by atoms with E-state index >= 15 is 0 Å². The fourth-order valence-electron chi connectivity index (χ4n) is 3.34. The molecular formula is C23H39N3O3. The van der Waals surface area contributed by atoms with Crippen molar-refractivity contribution in [2.24, 2.45) is 4.99 Å². The smallest absolute Gasteiger partial charge is 0.193 e. The van der Waals surface area contributed by atoms with Crippen molar-refractivity contribution in [2.75, 3.05) is 53.1 Å². The van der Waals surface area contributed by atoms with Crippen molar-refractivity contribution in [1.82, 2.24) is 10.2 Å². The quantitative estimate of drug-likeness (QED) is 0.327. The van der Waals surface area contributed by atoms with Gasteiger partial charge in [-0.1, -0.05) is 17.7 Å². The standard InChI is InChI=1S/C23H39N3O3/c1-4-24-23(26-15-12-22(13-16-26)29-19-7-17-27-3)25-14-5-6-18-28-21-10-8-20(2)9-11-21/h8-11,22H,4-7,12-19H2,1-3H3,(H,24,25). The first kappa shape index (κ1) is 23.5. The van der Waals surface area contributed by atoms with Gasteiger partial charge in [0.25, 0.3) is 0 Å². The molecule has 164 valence electrons. The Morgan fingerprint density at radius 1 is 1.07 bits per heavy atom. The zero-order valence-electron chi connectivity index (χ0n) is 18.5. The number of hydrogen-bond acceptors (Lipinski definition) is 4. The number of unbranched alkanes of at least 4 members (excludes halogenated alkanes) is 1. The molecule has 1 N–H and O–H groups in total. The lowest BCUT2D eigenvalue weighted by Crippen LogP contribution is -2.47. The molecule has 0 aromatic heterocycles. The second kappa shape index (κ2) is 14.2. The second-order valence-corrected chi connectivity index (χ2v) is 7.51. The molecule has 0 saturated carbocycles. The first-order valence-electron chi connectivity index (χ1n) is 11.1. The first-order chi connectivity index (χ1) is 14.2. The monoisotopic (exact) mass is 405 g/mol. The van der Waals surface area contributed by atoms with E-state index in [0.717, 1.165) is 89.8 Å². The summed E-state index contributed by atoms with van der Waals surface area (Å²) in [6, 6.07) is 8.22. The zero-order chi connectivity index (χ0) is 20.7. The maximum Gasteiger partial charge on any atom is 0.193 e. The molecule has 6 nitrogen and oxygen atoms in total. The highest BCUT2D eigenvalue weighted by Gasteiger charge is 2.21. The van der Waals surface area contributed by atoms with Gasteiger partial charge in [0.2, 0.25) is 0 Å². The SMILES string of the molecule is CCNC(=NCCCCOc1ccc(C)cc1)N1CCC(OCCCOC)CC1. The number of nitrogens with zero attached hydrogens (tertiary/aromatic N) is 2. The van der Waals surface area contributed by atoms with Crippen molar-refractivity contribution in [3.05, 3.63) is 29.8 Å². The highest BCUT2D eigenvalue weighted by Crippen LogP contribution is 2.15. The molecule has 1 saturated heterocycles. The summed E-state index contributed by atoms with van der Waals surface area (Å²) in [5, 5.41) is 3.44. The highest BCUT2D eigenvalue weighted by molar-refractivity contribution is 5.80. The molecule has 6 heteroatoms. The molecule has 0 bridgehead atoms. The Morgan fingerprint density at radius 2 is 1.83 bits per heavy atom. The Labute approximate surface area is 176 Å². The number of aryl methyl sites for hydroxylation is 1. The topological polar surface area (TPSA) is 55.3 Å². The van der Waals surface area contributed by atoms with Gasteiger partial charge < -0.3 is 24.4 Å². The number of benzene rings is 1. The van der Waals surface area contributed by atoms with E-state index in [9.17, 15) is 0 Å². The van der Waals surface area contributed by atoms with Crippen LogP contribution in [-0.2, 0) is 9.47 Å². The molecule has 1 fully saturated rings. The van der Waals surface area contributed by atoms with Crippen LogP contribution < -0.4 is 10.1 Å². The molecule has 1 aliphatic rings. The Hall–Kier alpha value is -1.79. The third kappa shape index (κ3) is 9.50. The van der Waals surface area contributed by atoms with Crippen LogP contribution >= 0.6 is 0 Å². The third-order valence-electron chi connectivity index (χ3n) is 5.03. The van der Waals surface area contributed by atoms with Gasteiger partial charge in [0.1, 0.15) is 5.75 Å². The Balaban J connectivity index is 1.64. The summed E-state index contributed by atoms with van der Waals surface area (Å²) in [4.78, 5) is 7.19. The van der Waals surface area contributed by atoms with Crippen molar-refractivity contribution in [2.45, 2.75) is 52.1 Å². The van der Waals surface area contributed by atoms with Crippen molar-refractivity contribution in [3.63, 3.8) is 0 Å². The summed E-state index contributed by atoms with van der Waals surface area (Å²) in [6.45, 7) is 10.2. The van der Waals surface area contributed by atoms with Gasteiger partial charge in [-0.15, -0.1) is 0 Å². The van der Waals surface area contributed by atoms with Crippen LogP contribution in [0, 0.1) is 6.92 Å². The Morgan fingerprint density at radius 3 is 2.52 bits per heavy atom. The molecule has 0 spiro atoms. The number of guanidine groups is 1. The van der Waals surface area contributed by atoms with Gasteiger partial charge in [-0.05, 0) is 58.1 Å². The number of rotatable bonds is 12. The summed E-state index contributed by atoms with van der Waals surface area (Å²) in [5.41, 5.74) is 1.25. The third-order valence-corrected chi connectivity index (χ3v) is 5.03. The van der Waals surface area contributed by atoms with Gasteiger partial charge in [-0.2, -0.15) is 0 Å². The van der Waals surface area contributed by atoms with Gasteiger partial charge in [-0.3, -0.25) is 4.99 Å². The minimum Gasteiger partial charge on any atom is -0.494 e. The van der Waals surface area contributed by atoms with Crippen LogP contribution in [0.5, 0.6) is 5.75 Å². The van der Waals surface area contributed by atoms with E-state index in [-0.39, 0.29) is 0 Å². The van der Waals surface area contributed by atoms with Gasteiger partial charge in [0.15, 0.2) is 5.96 Å². The Kier molecular flexibility index (Phi) is 11.5. The van der Waals surface area contributed by atoms with E-state index in [2.05, 4.69) is 36.2 Å². The minimum absolute atomic E-state index is 0.366. The second-order valence-electron chi connectivity index (χ2n) is 7.51. The minimum atomic E-state index is 0.366. The number of nitrogens with one attached hydrogen (secondary N) is 1. The van der Waals surface area contributed by atoms with Crippen LogP contribution in [0.25, 0.3) is 0 Å². The number of piperidine rings is 1.